The van der Waals surface area contributed by atoms with Gasteiger partial charge in [-0.1, -0.05) is 141 Å². The number of esters is 2. The molecule has 0 aromatic rings. The molecule has 0 rings (SSSR count). The van der Waals surface area contributed by atoms with E-state index in [0.29, 0.717) is 12.8 Å². The van der Waals surface area contributed by atoms with Gasteiger partial charge in [0, 0.05) is 12.8 Å². The van der Waals surface area contributed by atoms with Crippen molar-refractivity contribution in [2.24, 2.45) is 0 Å². The fourth-order valence-corrected chi connectivity index (χ4v) is 5.84. The predicted octanol–water partition coefficient (Wildman–Crippen LogP) is 11.6. The Labute approximate surface area is 294 Å². The summed E-state index contributed by atoms with van der Waals surface area (Å²) in [5.41, 5.74) is 0. The number of ether oxygens (including phenoxy) is 2. The van der Waals surface area contributed by atoms with Crippen molar-refractivity contribution in [1.29, 1.82) is 0 Å². The summed E-state index contributed by atoms with van der Waals surface area (Å²) >= 11 is 0. The molecule has 9 heteroatoms. The molecule has 0 aromatic carbocycles. The highest BCUT2D eigenvalue weighted by Crippen LogP contribution is 2.36. The van der Waals surface area contributed by atoms with Crippen molar-refractivity contribution in [1.82, 2.24) is 0 Å². The van der Waals surface area contributed by atoms with E-state index < -0.39 is 32.5 Å². The molecule has 0 spiro atoms. The van der Waals surface area contributed by atoms with Crippen molar-refractivity contribution in [3.63, 3.8) is 0 Å². The lowest BCUT2D eigenvalue weighted by atomic mass is 10.1. The van der Waals surface area contributed by atoms with Crippen molar-refractivity contribution in [3.05, 3.63) is 24.3 Å². The number of carbonyl (C=O) groups excluding carboxylic acids is 2. The first kappa shape index (κ1) is 46.5. The molecule has 282 valence electrons. The first-order chi connectivity index (χ1) is 23.3. The van der Waals surface area contributed by atoms with Crippen LogP contribution >= 0.6 is 7.82 Å². The molecule has 0 amide bonds. The number of phosphoric ester groups is 1. The Balaban J connectivity index is 3.97. The highest BCUT2D eigenvalue weighted by atomic mass is 31.2. The minimum absolute atomic E-state index is 0.202. The number of phosphoric acid groups is 1. The van der Waals surface area contributed by atoms with Crippen LogP contribution in [0.25, 0.3) is 0 Å². The number of unbranched alkanes of at least 4 members (excludes halogenated alkanes) is 22. The lowest BCUT2D eigenvalue weighted by Crippen LogP contribution is -2.29. The molecular weight excluding hydrogens is 627 g/mol. The van der Waals surface area contributed by atoms with E-state index in [-0.39, 0.29) is 19.4 Å². The summed E-state index contributed by atoms with van der Waals surface area (Å²) < 4.78 is 26.3. The zero-order chi connectivity index (χ0) is 35.4. The SMILES string of the molecule is CCCCCCCC/C=C\CCCCCCCC(=O)OC[C@@H](COP(=O)(O)O)OC(=O)CCCCCCC/C=C\CCCCCCCC. The topological polar surface area (TPSA) is 119 Å². The maximum absolute atomic E-state index is 12.4. The van der Waals surface area contributed by atoms with Crippen LogP contribution in [0.15, 0.2) is 24.3 Å². The van der Waals surface area contributed by atoms with Crippen LogP contribution in [0.4, 0.5) is 0 Å². The molecule has 0 saturated heterocycles. The van der Waals surface area contributed by atoms with Crippen LogP contribution in [0.5, 0.6) is 0 Å². The van der Waals surface area contributed by atoms with Crippen LogP contribution in [0, 0.1) is 0 Å². The fraction of sp³-hybridized carbons (Fsp3) is 0.846. The van der Waals surface area contributed by atoms with Crippen LogP contribution in [-0.4, -0.2) is 41.0 Å². The van der Waals surface area contributed by atoms with Gasteiger partial charge in [-0.25, -0.2) is 4.57 Å². The lowest BCUT2D eigenvalue weighted by Gasteiger charge is -2.18. The second-order valence-electron chi connectivity index (χ2n) is 13.2. The van der Waals surface area contributed by atoms with Crippen LogP contribution in [0.3, 0.4) is 0 Å². The van der Waals surface area contributed by atoms with E-state index in [9.17, 15) is 14.2 Å². The van der Waals surface area contributed by atoms with Gasteiger partial charge in [-0.15, -0.1) is 0 Å². The Morgan fingerprint density at radius 3 is 1.27 bits per heavy atom. The normalized spacial score (nSPS) is 12.7. The largest absolute Gasteiger partial charge is 0.469 e. The lowest BCUT2D eigenvalue weighted by molar-refractivity contribution is -0.161. The molecular formula is C39H73O8P. The third-order valence-corrected chi connectivity index (χ3v) is 8.93. The molecule has 0 unspecified atom stereocenters. The van der Waals surface area contributed by atoms with Gasteiger partial charge in [0.2, 0.25) is 0 Å². The number of rotatable bonds is 36. The molecule has 8 nitrogen and oxygen atoms in total. The van der Waals surface area contributed by atoms with E-state index in [1.165, 1.54) is 89.9 Å². The number of carbonyl (C=O) groups is 2. The monoisotopic (exact) mass is 701 g/mol. The minimum Gasteiger partial charge on any atom is -0.462 e. The van der Waals surface area contributed by atoms with E-state index in [2.05, 4.69) is 42.7 Å². The molecule has 0 aliphatic heterocycles. The Morgan fingerprint density at radius 1 is 0.521 bits per heavy atom. The van der Waals surface area contributed by atoms with E-state index in [1.807, 2.05) is 0 Å². The van der Waals surface area contributed by atoms with Gasteiger partial charge in [0.25, 0.3) is 0 Å². The molecule has 0 saturated carbocycles. The summed E-state index contributed by atoms with van der Waals surface area (Å²) in [6.45, 7) is 3.66. The van der Waals surface area contributed by atoms with E-state index in [4.69, 9.17) is 19.3 Å². The van der Waals surface area contributed by atoms with Gasteiger partial charge in [-0.05, 0) is 64.2 Å². The van der Waals surface area contributed by atoms with Crippen molar-refractivity contribution in [2.45, 2.75) is 200 Å². The third-order valence-electron chi connectivity index (χ3n) is 8.44. The maximum atomic E-state index is 12.4. The molecule has 0 heterocycles. The predicted molar refractivity (Wildman–Crippen MR) is 198 cm³/mol. The van der Waals surface area contributed by atoms with E-state index in [1.54, 1.807) is 0 Å². The van der Waals surface area contributed by atoms with Crippen LogP contribution in [-0.2, 0) is 28.2 Å². The summed E-state index contributed by atoms with van der Waals surface area (Å²) in [4.78, 5) is 42.7. The number of hydrogen-bond donors (Lipinski definition) is 2. The molecule has 0 fully saturated rings. The molecule has 0 aromatic heterocycles. The average Bonchev–Trinajstić information content (AvgIpc) is 3.05. The van der Waals surface area contributed by atoms with Crippen LogP contribution < -0.4 is 0 Å². The Hall–Kier alpha value is -1.47. The second kappa shape index (κ2) is 35.4. The minimum atomic E-state index is -4.75. The summed E-state index contributed by atoms with van der Waals surface area (Å²) in [5, 5.41) is 0. The summed E-state index contributed by atoms with van der Waals surface area (Å²) in [5.74, 6) is -0.901. The first-order valence-electron chi connectivity index (χ1n) is 19.6. The average molecular weight is 701 g/mol. The Morgan fingerprint density at radius 2 is 0.875 bits per heavy atom. The van der Waals surface area contributed by atoms with Crippen molar-refractivity contribution < 1.29 is 37.9 Å². The fourth-order valence-electron chi connectivity index (χ4n) is 5.48. The molecule has 48 heavy (non-hydrogen) atoms. The zero-order valence-electron chi connectivity index (χ0n) is 30.9. The maximum Gasteiger partial charge on any atom is 0.469 e. The molecule has 0 aliphatic carbocycles. The summed E-state index contributed by atoms with van der Waals surface area (Å²) in [7, 11) is -4.75. The van der Waals surface area contributed by atoms with Crippen molar-refractivity contribution >= 4 is 19.8 Å². The van der Waals surface area contributed by atoms with Gasteiger partial charge in [-0.2, -0.15) is 0 Å². The smallest absolute Gasteiger partial charge is 0.462 e. The summed E-state index contributed by atoms with van der Waals surface area (Å²) in [6, 6.07) is 0. The van der Waals surface area contributed by atoms with Crippen molar-refractivity contribution in [2.75, 3.05) is 13.2 Å². The van der Waals surface area contributed by atoms with Gasteiger partial charge in [-0.3, -0.25) is 14.1 Å². The van der Waals surface area contributed by atoms with Gasteiger partial charge < -0.3 is 19.3 Å². The second-order valence-corrected chi connectivity index (χ2v) is 14.5. The van der Waals surface area contributed by atoms with Gasteiger partial charge in [0.15, 0.2) is 6.10 Å². The third kappa shape index (κ3) is 37.4. The molecule has 0 aliphatic rings. The van der Waals surface area contributed by atoms with Gasteiger partial charge in [0.05, 0.1) is 6.61 Å². The number of allylic oxidation sites excluding steroid dienone is 4. The highest BCUT2D eigenvalue weighted by molar-refractivity contribution is 7.46. The molecule has 1 atom stereocenters. The van der Waals surface area contributed by atoms with Gasteiger partial charge >= 0.3 is 19.8 Å². The van der Waals surface area contributed by atoms with E-state index >= 15 is 0 Å². The Bertz CT molecular complexity index is 838. The van der Waals surface area contributed by atoms with E-state index in [0.717, 1.165) is 64.2 Å². The van der Waals surface area contributed by atoms with Crippen molar-refractivity contribution in [3.8, 4) is 0 Å². The van der Waals surface area contributed by atoms with Crippen LogP contribution in [0.2, 0.25) is 0 Å². The first-order valence-corrected chi connectivity index (χ1v) is 21.2. The quantitative estimate of drug-likeness (QED) is 0.0287. The molecule has 0 radical (unpaired) electrons. The molecule has 2 N–H and O–H groups in total. The zero-order valence-corrected chi connectivity index (χ0v) is 31.8. The molecule has 0 bridgehead atoms. The van der Waals surface area contributed by atoms with Crippen LogP contribution in [0.1, 0.15) is 194 Å². The number of hydrogen-bond acceptors (Lipinski definition) is 6. The van der Waals surface area contributed by atoms with Gasteiger partial charge in [0.1, 0.15) is 6.61 Å². The Kier molecular flexibility index (Phi) is 34.3. The summed E-state index contributed by atoms with van der Waals surface area (Å²) in [6.07, 6.45) is 38.9. The highest BCUT2D eigenvalue weighted by Gasteiger charge is 2.22. The standard InChI is InChI=1S/C39H73O8P/c1-3-5-7-9-11-13-15-17-19-21-23-25-27-29-31-33-38(40)45-35-37(36-46-48(42,43)44)47-39(41)34-32-30-28-26-24-22-20-18-16-14-12-10-8-6-4-2/h17-20,37H,3-16,21-36H2,1-2H3,(H2,42,43,44)/b19-17-,20-18-/t37-/m0/s1.